The number of carbonyl (C=O) groups is 1. The SMILES string of the molecule is Cc1cc(=O)[nH]c2c1-c1cccnc1C(C(N)=O)N2. The molecule has 0 aromatic carbocycles. The summed E-state index contributed by atoms with van der Waals surface area (Å²) < 4.78 is 0. The van der Waals surface area contributed by atoms with E-state index in [1.165, 1.54) is 6.07 Å². The molecule has 1 atom stereocenters. The molecule has 1 aliphatic rings. The second-order valence-electron chi connectivity index (χ2n) is 4.48. The lowest BCUT2D eigenvalue weighted by atomic mass is 9.93. The summed E-state index contributed by atoms with van der Waals surface area (Å²) in [5.74, 6) is -0.0257. The molecule has 19 heavy (non-hydrogen) atoms. The molecule has 0 radical (unpaired) electrons. The lowest BCUT2D eigenvalue weighted by molar-refractivity contribution is -0.118. The normalized spacial score (nSPS) is 16.2. The number of carbonyl (C=O) groups excluding carboxylic acids is 1. The van der Waals surface area contributed by atoms with Crippen molar-refractivity contribution in [2.75, 3.05) is 5.32 Å². The number of amides is 1. The van der Waals surface area contributed by atoms with E-state index in [1.807, 2.05) is 13.0 Å². The van der Waals surface area contributed by atoms with Crippen molar-refractivity contribution >= 4 is 11.7 Å². The molecule has 0 saturated heterocycles. The Balaban J connectivity index is 2.34. The van der Waals surface area contributed by atoms with Crippen LogP contribution in [0.1, 0.15) is 17.3 Å². The summed E-state index contributed by atoms with van der Waals surface area (Å²) in [6.07, 6.45) is 1.61. The predicted molar refractivity (Wildman–Crippen MR) is 70.6 cm³/mol. The molecule has 0 spiro atoms. The Morgan fingerprint density at radius 2 is 2.26 bits per heavy atom. The van der Waals surface area contributed by atoms with Crippen LogP contribution in [0, 0.1) is 6.92 Å². The quantitative estimate of drug-likeness (QED) is 0.699. The number of nitrogens with zero attached hydrogens (tertiary/aromatic N) is 1. The van der Waals surface area contributed by atoms with E-state index >= 15 is 0 Å². The number of pyridine rings is 2. The van der Waals surface area contributed by atoms with Gasteiger partial charge in [0.1, 0.15) is 11.9 Å². The number of aromatic nitrogens is 2. The van der Waals surface area contributed by atoms with E-state index < -0.39 is 11.9 Å². The van der Waals surface area contributed by atoms with Gasteiger partial charge < -0.3 is 16.0 Å². The third kappa shape index (κ3) is 1.69. The number of fused-ring (bicyclic) bond motifs is 3. The van der Waals surface area contributed by atoms with Crippen LogP contribution in [0.15, 0.2) is 29.2 Å². The molecule has 3 rings (SSSR count). The molecule has 0 aliphatic carbocycles. The van der Waals surface area contributed by atoms with E-state index in [1.54, 1.807) is 12.3 Å². The number of aromatic amines is 1. The van der Waals surface area contributed by atoms with Gasteiger partial charge in [-0.1, -0.05) is 6.07 Å². The monoisotopic (exact) mass is 256 g/mol. The molecule has 4 N–H and O–H groups in total. The van der Waals surface area contributed by atoms with Crippen LogP contribution < -0.4 is 16.6 Å². The minimum absolute atomic E-state index is 0.223. The molecule has 3 heterocycles. The molecule has 6 heteroatoms. The van der Waals surface area contributed by atoms with Gasteiger partial charge in [0.15, 0.2) is 0 Å². The summed E-state index contributed by atoms with van der Waals surface area (Å²) in [4.78, 5) is 30.0. The average molecular weight is 256 g/mol. The van der Waals surface area contributed by atoms with E-state index in [0.717, 1.165) is 16.7 Å². The molecule has 96 valence electrons. The van der Waals surface area contributed by atoms with E-state index in [4.69, 9.17) is 5.73 Å². The first-order valence-corrected chi connectivity index (χ1v) is 5.83. The van der Waals surface area contributed by atoms with Crippen LogP contribution in [0.4, 0.5) is 5.82 Å². The van der Waals surface area contributed by atoms with Crippen LogP contribution in [0.5, 0.6) is 0 Å². The molecule has 0 saturated carbocycles. The highest BCUT2D eigenvalue weighted by Crippen LogP contribution is 2.39. The lowest BCUT2D eigenvalue weighted by Gasteiger charge is -2.27. The number of primary amides is 1. The summed E-state index contributed by atoms with van der Waals surface area (Å²) in [7, 11) is 0. The molecular weight excluding hydrogens is 244 g/mol. The number of hydrogen-bond donors (Lipinski definition) is 3. The second kappa shape index (κ2) is 3.94. The Hall–Kier alpha value is -2.63. The number of H-pyrrole nitrogens is 1. The van der Waals surface area contributed by atoms with Gasteiger partial charge in [0.2, 0.25) is 11.5 Å². The van der Waals surface area contributed by atoms with E-state index in [9.17, 15) is 9.59 Å². The first-order chi connectivity index (χ1) is 9.08. The maximum absolute atomic E-state index is 11.5. The first kappa shape index (κ1) is 11.5. The molecule has 2 aromatic rings. The van der Waals surface area contributed by atoms with Gasteiger partial charge in [0.05, 0.1) is 5.69 Å². The highest BCUT2D eigenvalue weighted by Gasteiger charge is 2.30. The topological polar surface area (TPSA) is 101 Å². The van der Waals surface area contributed by atoms with Crippen LogP contribution in [0.3, 0.4) is 0 Å². The van der Waals surface area contributed by atoms with E-state index in [0.29, 0.717) is 11.5 Å². The molecule has 0 bridgehead atoms. The van der Waals surface area contributed by atoms with Crippen molar-refractivity contribution in [1.29, 1.82) is 0 Å². The van der Waals surface area contributed by atoms with Crippen molar-refractivity contribution in [2.24, 2.45) is 5.73 Å². The zero-order valence-corrected chi connectivity index (χ0v) is 10.2. The molecule has 1 unspecified atom stereocenters. The zero-order chi connectivity index (χ0) is 13.6. The number of aryl methyl sites for hydroxylation is 1. The smallest absolute Gasteiger partial charge is 0.249 e. The van der Waals surface area contributed by atoms with Crippen LogP contribution in [0.2, 0.25) is 0 Å². The zero-order valence-electron chi connectivity index (χ0n) is 10.2. The van der Waals surface area contributed by atoms with E-state index in [2.05, 4.69) is 15.3 Å². The van der Waals surface area contributed by atoms with Crippen molar-refractivity contribution in [3.63, 3.8) is 0 Å². The first-order valence-electron chi connectivity index (χ1n) is 5.83. The summed E-state index contributed by atoms with van der Waals surface area (Å²) in [6.45, 7) is 1.84. The predicted octanol–water partition coefficient (Wildman–Crippen LogP) is 0.697. The second-order valence-corrected chi connectivity index (χ2v) is 4.48. The van der Waals surface area contributed by atoms with Crippen molar-refractivity contribution in [2.45, 2.75) is 13.0 Å². The third-order valence-corrected chi connectivity index (χ3v) is 3.19. The maximum Gasteiger partial charge on any atom is 0.249 e. The Kier molecular flexibility index (Phi) is 2.38. The third-order valence-electron chi connectivity index (χ3n) is 3.19. The van der Waals surface area contributed by atoms with Gasteiger partial charge >= 0.3 is 0 Å². The van der Waals surface area contributed by atoms with Gasteiger partial charge in [-0.3, -0.25) is 14.6 Å². The maximum atomic E-state index is 11.5. The molecule has 1 aliphatic heterocycles. The van der Waals surface area contributed by atoms with Crippen LogP contribution in [-0.2, 0) is 4.79 Å². The highest BCUT2D eigenvalue weighted by molar-refractivity contribution is 5.93. The summed E-state index contributed by atoms with van der Waals surface area (Å²) >= 11 is 0. The molecule has 6 nitrogen and oxygen atoms in total. The minimum atomic E-state index is -0.735. The van der Waals surface area contributed by atoms with Crippen LogP contribution >= 0.6 is 0 Å². The van der Waals surface area contributed by atoms with Crippen molar-refractivity contribution in [1.82, 2.24) is 9.97 Å². The fraction of sp³-hybridized carbons (Fsp3) is 0.154. The number of hydrogen-bond acceptors (Lipinski definition) is 4. The number of nitrogens with two attached hydrogens (primary N) is 1. The summed E-state index contributed by atoms with van der Waals surface area (Å²) in [5.41, 5.74) is 8.22. The van der Waals surface area contributed by atoms with E-state index in [-0.39, 0.29) is 5.56 Å². The van der Waals surface area contributed by atoms with Gasteiger partial charge in [-0.15, -0.1) is 0 Å². The minimum Gasteiger partial charge on any atom is -0.368 e. The van der Waals surface area contributed by atoms with Crippen LogP contribution in [0.25, 0.3) is 11.1 Å². The van der Waals surface area contributed by atoms with Gasteiger partial charge in [0, 0.05) is 23.4 Å². The Bertz CT molecular complexity index is 736. The van der Waals surface area contributed by atoms with Crippen molar-refractivity contribution in [3.8, 4) is 11.1 Å². The largest absolute Gasteiger partial charge is 0.368 e. The standard InChI is InChI=1S/C13H12N4O2/c1-6-5-8(18)16-13-9(6)7-3-2-4-15-10(7)11(17-13)12(14)19/h2-5,11H,1H3,(H2,14,19)(H2,16,17,18). The van der Waals surface area contributed by atoms with Crippen molar-refractivity contribution in [3.05, 3.63) is 46.0 Å². The molecular formula is C13H12N4O2. The number of rotatable bonds is 1. The van der Waals surface area contributed by atoms with Crippen molar-refractivity contribution < 1.29 is 4.79 Å². The number of nitrogens with one attached hydrogen (secondary N) is 2. The lowest BCUT2D eigenvalue weighted by Crippen LogP contribution is -2.32. The Morgan fingerprint density at radius 1 is 1.47 bits per heavy atom. The Morgan fingerprint density at radius 3 is 3.00 bits per heavy atom. The fourth-order valence-corrected chi connectivity index (χ4v) is 2.42. The fourth-order valence-electron chi connectivity index (χ4n) is 2.42. The Labute approximate surface area is 108 Å². The summed E-state index contributed by atoms with van der Waals surface area (Å²) in [5, 5.41) is 2.94. The summed E-state index contributed by atoms with van der Waals surface area (Å²) in [6, 6.07) is 4.43. The number of anilines is 1. The van der Waals surface area contributed by atoms with Gasteiger partial charge in [-0.2, -0.15) is 0 Å². The van der Waals surface area contributed by atoms with Gasteiger partial charge in [-0.05, 0) is 18.6 Å². The molecule has 0 fully saturated rings. The average Bonchev–Trinajstić information content (AvgIpc) is 2.36. The highest BCUT2D eigenvalue weighted by atomic mass is 16.1. The van der Waals surface area contributed by atoms with Gasteiger partial charge in [0.25, 0.3) is 0 Å². The van der Waals surface area contributed by atoms with Crippen LogP contribution in [-0.4, -0.2) is 15.9 Å². The molecule has 2 aromatic heterocycles. The van der Waals surface area contributed by atoms with Gasteiger partial charge in [-0.25, -0.2) is 0 Å². The molecule has 1 amide bonds.